The molecule has 0 saturated heterocycles. The lowest BCUT2D eigenvalue weighted by molar-refractivity contribution is 0.0952. The molecule has 3 aromatic carbocycles. The van der Waals surface area contributed by atoms with E-state index in [4.69, 9.17) is 0 Å². The van der Waals surface area contributed by atoms with Gasteiger partial charge in [-0.05, 0) is 66.8 Å². The van der Waals surface area contributed by atoms with Crippen LogP contribution in [0.15, 0.2) is 72.8 Å². The summed E-state index contributed by atoms with van der Waals surface area (Å²) in [5.41, 5.74) is 6.29. The van der Waals surface area contributed by atoms with E-state index in [1.54, 1.807) is 0 Å². The standard InChI is InChI=1S/C27H27FN2O/c1-18(22-7-5-4-6-8-22)16-29-27(31)23-11-14-26-25(15-23)19(2)20(3)30(26)17-21-9-12-24(28)13-10-21/h4-15,18H,16-17H2,1-3H3,(H,29,31)/t18-/m1/s1. The maximum Gasteiger partial charge on any atom is 0.251 e. The Bertz CT molecular complexity index is 1210. The van der Waals surface area contributed by atoms with Gasteiger partial charge in [0, 0.05) is 35.2 Å². The van der Waals surface area contributed by atoms with Crippen LogP contribution in [0.1, 0.15) is 45.6 Å². The summed E-state index contributed by atoms with van der Waals surface area (Å²) >= 11 is 0. The van der Waals surface area contributed by atoms with Gasteiger partial charge in [-0.15, -0.1) is 0 Å². The van der Waals surface area contributed by atoms with Gasteiger partial charge in [0.25, 0.3) is 5.91 Å². The molecule has 3 nitrogen and oxygen atoms in total. The second-order valence-corrected chi connectivity index (χ2v) is 8.18. The summed E-state index contributed by atoms with van der Waals surface area (Å²) in [6, 6.07) is 22.7. The first-order valence-corrected chi connectivity index (χ1v) is 10.6. The van der Waals surface area contributed by atoms with Gasteiger partial charge in [0.2, 0.25) is 0 Å². The Labute approximate surface area is 182 Å². The highest BCUT2D eigenvalue weighted by Crippen LogP contribution is 2.27. The molecule has 0 radical (unpaired) electrons. The van der Waals surface area contributed by atoms with Gasteiger partial charge < -0.3 is 9.88 Å². The van der Waals surface area contributed by atoms with E-state index in [2.05, 4.69) is 42.8 Å². The number of carbonyl (C=O) groups is 1. The van der Waals surface area contributed by atoms with Crippen molar-refractivity contribution in [2.45, 2.75) is 33.2 Å². The lowest BCUT2D eigenvalue weighted by atomic mass is 10.0. The Balaban J connectivity index is 1.54. The van der Waals surface area contributed by atoms with E-state index in [0.29, 0.717) is 18.7 Å². The number of rotatable bonds is 6. The Kier molecular flexibility index (Phi) is 5.90. The Morgan fingerprint density at radius 2 is 1.71 bits per heavy atom. The van der Waals surface area contributed by atoms with Crippen LogP contribution in [-0.4, -0.2) is 17.0 Å². The molecule has 31 heavy (non-hydrogen) atoms. The summed E-state index contributed by atoms with van der Waals surface area (Å²) in [5, 5.41) is 4.14. The topological polar surface area (TPSA) is 34.0 Å². The molecular weight excluding hydrogens is 387 g/mol. The summed E-state index contributed by atoms with van der Waals surface area (Å²) in [6.45, 7) is 7.53. The predicted molar refractivity (Wildman–Crippen MR) is 124 cm³/mol. The highest BCUT2D eigenvalue weighted by molar-refractivity contribution is 5.99. The molecular formula is C27H27FN2O. The van der Waals surface area contributed by atoms with E-state index in [9.17, 15) is 9.18 Å². The van der Waals surface area contributed by atoms with Crippen LogP contribution in [0.25, 0.3) is 10.9 Å². The average Bonchev–Trinajstić information content (AvgIpc) is 3.03. The molecule has 0 aliphatic heterocycles. The molecule has 1 amide bonds. The third-order valence-corrected chi connectivity index (χ3v) is 6.09. The SMILES string of the molecule is Cc1c(C)n(Cc2ccc(F)cc2)c2ccc(C(=O)NC[C@@H](C)c3ccccc3)cc12. The van der Waals surface area contributed by atoms with Crippen LogP contribution in [0.2, 0.25) is 0 Å². The summed E-state index contributed by atoms with van der Waals surface area (Å²) in [7, 11) is 0. The number of fused-ring (bicyclic) bond motifs is 1. The molecule has 0 saturated carbocycles. The molecule has 0 fully saturated rings. The summed E-state index contributed by atoms with van der Waals surface area (Å²) in [4.78, 5) is 12.8. The quantitative estimate of drug-likeness (QED) is 0.414. The predicted octanol–water partition coefficient (Wildman–Crippen LogP) is 5.98. The maximum atomic E-state index is 13.2. The van der Waals surface area contributed by atoms with Crippen molar-refractivity contribution in [3.63, 3.8) is 0 Å². The van der Waals surface area contributed by atoms with Crippen LogP contribution < -0.4 is 5.32 Å². The summed E-state index contributed by atoms with van der Waals surface area (Å²) in [5.74, 6) is -0.0473. The van der Waals surface area contributed by atoms with Crippen LogP contribution in [0.3, 0.4) is 0 Å². The first kappa shape index (κ1) is 20.9. The van der Waals surface area contributed by atoms with Gasteiger partial charge in [-0.25, -0.2) is 4.39 Å². The van der Waals surface area contributed by atoms with Crippen molar-refractivity contribution in [3.8, 4) is 0 Å². The monoisotopic (exact) mass is 414 g/mol. The van der Waals surface area contributed by atoms with Crippen molar-refractivity contribution >= 4 is 16.8 Å². The average molecular weight is 415 g/mol. The van der Waals surface area contributed by atoms with Gasteiger partial charge in [0.05, 0.1) is 0 Å². The minimum Gasteiger partial charge on any atom is -0.351 e. The fourth-order valence-electron chi connectivity index (χ4n) is 4.01. The van der Waals surface area contributed by atoms with Gasteiger partial charge in [-0.2, -0.15) is 0 Å². The second-order valence-electron chi connectivity index (χ2n) is 8.18. The number of amides is 1. The van der Waals surface area contributed by atoms with Crippen LogP contribution in [0.4, 0.5) is 4.39 Å². The van der Waals surface area contributed by atoms with E-state index in [1.165, 1.54) is 17.7 Å². The Morgan fingerprint density at radius 1 is 1.00 bits per heavy atom. The first-order valence-electron chi connectivity index (χ1n) is 10.6. The van der Waals surface area contributed by atoms with Crippen molar-refractivity contribution < 1.29 is 9.18 Å². The van der Waals surface area contributed by atoms with Crippen LogP contribution in [0, 0.1) is 19.7 Å². The van der Waals surface area contributed by atoms with Crippen molar-refractivity contribution in [1.82, 2.24) is 9.88 Å². The number of benzene rings is 3. The molecule has 1 atom stereocenters. The number of nitrogens with zero attached hydrogens (tertiary/aromatic N) is 1. The molecule has 0 aliphatic rings. The highest BCUT2D eigenvalue weighted by atomic mass is 19.1. The van der Waals surface area contributed by atoms with Gasteiger partial charge >= 0.3 is 0 Å². The number of aromatic nitrogens is 1. The van der Waals surface area contributed by atoms with Crippen molar-refractivity contribution in [2.24, 2.45) is 0 Å². The Hall–Kier alpha value is -3.40. The third-order valence-electron chi connectivity index (χ3n) is 6.09. The zero-order valence-corrected chi connectivity index (χ0v) is 18.2. The number of nitrogens with one attached hydrogen (secondary N) is 1. The molecule has 1 N–H and O–H groups in total. The van der Waals surface area contributed by atoms with Gasteiger partial charge in [-0.1, -0.05) is 49.4 Å². The Morgan fingerprint density at radius 3 is 2.42 bits per heavy atom. The van der Waals surface area contributed by atoms with Gasteiger partial charge in [-0.3, -0.25) is 4.79 Å². The van der Waals surface area contributed by atoms with E-state index in [1.807, 2.05) is 48.5 Å². The largest absolute Gasteiger partial charge is 0.351 e. The van der Waals surface area contributed by atoms with E-state index in [-0.39, 0.29) is 17.6 Å². The zero-order valence-electron chi connectivity index (χ0n) is 18.2. The fourth-order valence-corrected chi connectivity index (χ4v) is 4.01. The molecule has 158 valence electrons. The van der Waals surface area contributed by atoms with E-state index in [0.717, 1.165) is 27.7 Å². The van der Waals surface area contributed by atoms with Crippen LogP contribution >= 0.6 is 0 Å². The lowest BCUT2D eigenvalue weighted by Gasteiger charge is -2.13. The fraction of sp³-hybridized carbons (Fsp3) is 0.222. The lowest BCUT2D eigenvalue weighted by Crippen LogP contribution is -2.27. The molecule has 4 aromatic rings. The van der Waals surface area contributed by atoms with Gasteiger partial charge in [0.15, 0.2) is 0 Å². The maximum absolute atomic E-state index is 13.2. The molecule has 1 heterocycles. The first-order chi connectivity index (χ1) is 14.9. The molecule has 4 rings (SSSR count). The summed E-state index contributed by atoms with van der Waals surface area (Å²) in [6.07, 6.45) is 0. The number of hydrogen-bond donors (Lipinski definition) is 1. The minimum atomic E-state index is -0.230. The number of aryl methyl sites for hydroxylation is 1. The summed E-state index contributed by atoms with van der Waals surface area (Å²) < 4.78 is 15.5. The number of halogens is 1. The molecule has 0 spiro atoms. The van der Waals surface area contributed by atoms with Gasteiger partial charge in [0.1, 0.15) is 5.82 Å². The molecule has 0 aliphatic carbocycles. The molecule has 4 heteroatoms. The molecule has 1 aromatic heterocycles. The second kappa shape index (κ2) is 8.76. The number of hydrogen-bond acceptors (Lipinski definition) is 1. The third kappa shape index (κ3) is 4.38. The van der Waals surface area contributed by atoms with E-state index < -0.39 is 0 Å². The highest BCUT2D eigenvalue weighted by Gasteiger charge is 2.15. The minimum absolute atomic E-state index is 0.0620. The van der Waals surface area contributed by atoms with Crippen LogP contribution in [-0.2, 0) is 6.54 Å². The number of carbonyl (C=O) groups excluding carboxylic acids is 1. The van der Waals surface area contributed by atoms with Crippen molar-refractivity contribution in [2.75, 3.05) is 6.54 Å². The molecule has 0 bridgehead atoms. The van der Waals surface area contributed by atoms with Crippen molar-refractivity contribution in [1.29, 1.82) is 0 Å². The zero-order chi connectivity index (χ0) is 22.0. The van der Waals surface area contributed by atoms with Crippen LogP contribution in [0.5, 0.6) is 0 Å². The smallest absolute Gasteiger partial charge is 0.251 e. The normalized spacial score (nSPS) is 12.1. The van der Waals surface area contributed by atoms with E-state index >= 15 is 0 Å². The molecule has 0 unspecified atom stereocenters. The van der Waals surface area contributed by atoms with Crippen molar-refractivity contribution in [3.05, 3.63) is 107 Å².